The van der Waals surface area contributed by atoms with Crippen molar-refractivity contribution in [3.63, 3.8) is 0 Å². The SMILES string of the molecule is COc1ccc(NS(=O)(=O)CC#N)cc1N. The topological polar surface area (TPSA) is 105 Å². The predicted octanol–water partition coefficient (Wildman–Crippen LogP) is 0.543. The first-order valence-corrected chi connectivity index (χ1v) is 5.94. The van der Waals surface area contributed by atoms with Crippen LogP contribution in [0.2, 0.25) is 0 Å². The number of hydrogen-bond acceptors (Lipinski definition) is 5. The lowest BCUT2D eigenvalue weighted by Crippen LogP contribution is -2.15. The summed E-state index contributed by atoms with van der Waals surface area (Å²) in [6, 6.07) is 6.03. The number of sulfonamides is 1. The number of ether oxygens (including phenoxy) is 1. The average molecular weight is 241 g/mol. The second kappa shape index (κ2) is 4.72. The smallest absolute Gasteiger partial charge is 0.246 e. The van der Waals surface area contributed by atoms with E-state index in [1.165, 1.54) is 19.2 Å². The fraction of sp³-hybridized carbons (Fsp3) is 0.222. The van der Waals surface area contributed by atoms with E-state index in [1.807, 2.05) is 0 Å². The number of nitrogens with zero attached hydrogens (tertiary/aromatic N) is 1. The van der Waals surface area contributed by atoms with Crippen molar-refractivity contribution in [3.8, 4) is 11.8 Å². The summed E-state index contributed by atoms with van der Waals surface area (Å²) in [4.78, 5) is 0. The van der Waals surface area contributed by atoms with Gasteiger partial charge in [-0.3, -0.25) is 4.72 Å². The van der Waals surface area contributed by atoms with E-state index >= 15 is 0 Å². The van der Waals surface area contributed by atoms with E-state index in [2.05, 4.69) is 4.72 Å². The molecule has 3 N–H and O–H groups in total. The normalized spacial score (nSPS) is 10.5. The lowest BCUT2D eigenvalue weighted by molar-refractivity contribution is 0.417. The summed E-state index contributed by atoms with van der Waals surface area (Å²) in [6.45, 7) is 0. The van der Waals surface area contributed by atoms with E-state index in [1.54, 1.807) is 12.1 Å². The number of anilines is 2. The lowest BCUT2D eigenvalue weighted by atomic mass is 10.2. The summed E-state index contributed by atoms with van der Waals surface area (Å²) in [5, 5.41) is 8.30. The second-order valence-electron chi connectivity index (χ2n) is 2.98. The quantitative estimate of drug-likeness (QED) is 0.748. The molecule has 0 unspecified atom stereocenters. The van der Waals surface area contributed by atoms with Gasteiger partial charge in [0, 0.05) is 0 Å². The van der Waals surface area contributed by atoms with E-state index in [0.29, 0.717) is 17.1 Å². The lowest BCUT2D eigenvalue weighted by Gasteiger charge is -2.08. The van der Waals surface area contributed by atoms with Crippen LogP contribution in [0.3, 0.4) is 0 Å². The molecule has 0 aromatic heterocycles. The highest BCUT2D eigenvalue weighted by atomic mass is 32.2. The van der Waals surface area contributed by atoms with Crippen molar-refractivity contribution in [3.05, 3.63) is 18.2 Å². The summed E-state index contributed by atoms with van der Waals surface area (Å²) >= 11 is 0. The number of benzene rings is 1. The summed E-state index contributed by atoms with van der Waals surface area (Å²) in [5.41, 5.74) is 6.22. The van der Waals surface area contributed by atoms with Crippen LogP contribution in [0.1, 0.15) is 0 Å². The molecule has 1 aromatic carbocycles. The number of nitrogens with two attached hydrogens (primary N) is 1. The minimum absolute atomic E-state index is 0.300. The van der Waals surface area contributed by atoms with Gasteiger partial charge >= 0.3 is 0 Å². The first-order valence-electron chi connectivity index (χ1n) is 4.29. The molecule has 7 heteroatoms. The summed E-state index contributed by atoms with van der Waals surface area (Å²) in [7, 11) is -2.17. The number of nitrogens with one attached hydrogen (secondary N) is 1. The third-order valence-corrected chi connectivity index (χ3v) is 2.81. The molecule has 0 heterocycles. The van der Waals surface area contributed by atoms with Crippen molar-refractivity contribution < 1.29 is 13.2 Å². The highest BCUT2D eigenvalue weighted by Gasteiger charge is 2.10. The molecule has 1 aromatic rings. The highest BCUT2D eigenvalue weighted by Crippen LogP contribution is 2.24. The van der Waals surface area contributed by atoms with Crippen LogP contribution in [0.25, 0.3) is 0 Å². The maximum Gasteiger partial charge on any atom is 0.246 e. The highest BCUT2D eigenvalue weighted by molar-refractivity contribution is 7.92. The Hall–Kier alpha value is -1.94. The molecule has 6 nitrogen and oxygen atoms in total. The van der Waals surface area contributed by atoms with Gasteiger partial charge in [-0.05, 0) is 18.2 Å². The van der Waals surface area contributed by atoms with Crippen LogP contribution in [0.15, 0.2) is 18.2 Å². The van der Waals surface area contributed by atoms with Gasteiger partial charge in [-0.1, -0.05) is 0 Å². The first-order chi connectivity index (χ1) is 7.48. The zero-order valence-corrected chi connectivity index (χ0v) is 9.41. The Morgan fingerprint density at radius 3 is 2.75 bits per heavy atom. The Bertz CT molecular complexity index is 519. The molecular formula is C9H11N3O3S. The number of methoxy groups -OCH3 is 1. The molecule has 0 fully saturated rings. The fourth-order valence-corrected chi connectivity index (χ4v) is 1.83. The van der Waals surface area contributed by atoms with E-state index < -0.39 is 15.8 Å². The Kier molecular flexibility index (Phi) is 3.58. The van der Waals surface area contributed by atoms with E-state index in [4.69, 9.17) is 15.7 Å². The Labute approximate surface area is 93.7 Å². The van der Waals surface area contributed by atoms with Crippen LogP contribution in [-0.4, -0.2) is 21.3 Å². The van der Waals surface area contributed by atoms with Crippen LogP contribution < -0.4 is 15.2 Å². The molecule has 0 atom stereocenters. The minimum Gasteiger partial charge on any atom is -0.495 e. The summed E-state index contributed by atoms with van der Waals surface area (Å²) < 4.78 is 29.7. The molecule has 0 bridgehead atoms. The van der Waals surface area contributed by atoms with Crippen molar-refractivity contribution in [2.75, 3.05) is 23.3 Å². The number of hydrogen-bond donors (Lipinski definition) is 2. The molecule has 1 rings (SSSR count). The van der Waals surface area contributed by atoms with Gasteiger partial charge in [0.15, 0.2) is 5.75 Å². The summed E-state index contributed by atoms with van der Waals surface area (Å²) in [6.07, 6.45) is 0. The number of nitriles is 1. The largest absolute Gasteiger partial charge is 0.495 e. The van der Waals surface area contributed by atoms with Crippen LogP contribution in [0.4, 0.5) is 11.4 Å². The Morgan fingerprint density at radius 2 is 2.25 bits per heavy atom. The van der Waals surface area contributed by atoms with E-state index in [9.17, 15) is 8.42 Å². The summed E-state index contributed by atoms with van der Waals surface area (Å²) in [5.74, 6) is -0.137. The van der Waals surface area contributed by atoms with Crippen molar-refractivity contribution in [2.24, 2.45) is 0 Å². The van der Waals surface area contributed by atoms with Crippen molar-refractivity contribution in [2.45, 2.75) is 0 Å². The molecule has 86 valence electrons. The molecule has 0 radical (unpaired) electrons. The van der Waals surface area contributed by atoms with Crippen molar-refractivity contribution in [1.82, 2.24) is 0 Å². The fourth-order valence-electron chi connectivity index (χ4n) is 1.10. The zero-order chi connectivity index (χ0) is 12.2. The standard InChI is InChI=1S/C9H11N3O3S/c1-15-9-3-2-7(6-8(9)11)12-16(13,14)5-4-10/h2-3,6,12H,5,11H2,1H3. The molecule has 0 saturated carbocycles. The Balaban J connectivity index is 2.92. The predicted molar refractivity (Wildman–Crippen MR) is 60.4 cm³/mol. The van der Waals surface area contributed by atoms with Gasteiger partial charge in [-0.15, -0.1) is 0 Å². The molecule has 0 aliphatic heterocycles. The van der Waals surface area contributed by atoms with Gasteiger partial charge < -0.3 is 10.5 Å². The van der Waals surface area contributed by atoms with Crippen LogP contribution in [0.5, 0.6) is 5.75 Å². The van der Waals surface area contributed by atoms with Crippen LogP contribution >= 0.6 is 0 Å². The van der Waals surface area contributed by atoms with Gasteiger partial charge in [0.05, 0.1) is 24.6 Å². The van der Waals surface area contributed by atoms with Crippen molar-refractivity contribution in [1.29, 1.82) is 5.26 Å². The van der Waals surface area contributed by atoms with Crippen molar-refractivity contribution >= 4 is 21.4 Å². The molecular weight excluding hydrogens is 230 g/mol. The van der Waals surface area contributed by atoms with Crippen LogP contribution in [0, 0.1) is 11.3 Å². The van der Waals surface area contributed by atoms with E-state index in [0.717, 1.165) is 0 Å². The average Bonchev–Trinajstić information content (AvgIpc) is 2.17. The Morgan fingerprint density at radius 1 is 1.56 bits per heavy atom. The zero-order valence-electron chi connectivity index (χ0n) is 8.60. The van der Waals surface area contributed by atoms with Crippen LogP contribution in [-0.2, 0) is 10.0 Å². The first kappa shape index (κ1) is 12.1. The van der Waals surface area contributed by atoms with Gasteiger partial charge in [0.25, 0.3) is 0 Å². The molecule has 0 aliphatic rings. The van der Waals surface area contributed by atoms with Gasteiger partial charge in [-0.25, -0.2) is 8.42 Å². The number of rotatable bonds is 4. The third-order valence-electron chi connectivity index (χ3n) is 1.76. The molecule has 0 amide bonds. The maximum absolute atomic E-state index is 11.3. The monoisotopic (exact) mass is 241 g/mol. The molecule has 0 aliphatic carbocycles. The molecule has 0 spiro atoms. The van der Waals surface area contributed by atoms with Gasteiger partial charge in [0.1, 0.15) is 5.75 Å². The molecule has 16 heavy (non-hydrogen) atoms. The van der Waals surface area contributed by atoms with E-state index in [-0.39, 0.29) is 0 Å². The second-order valence-corrected chi connectivity index (χ2v) is 4.70. The van der Waals surface area contributed by atoms with Gasteiger partial charge in [-0.2, -0.15) is 5.26 Å². The number of nitrogen functional groups attached to an aromatic ring is 1. The van der Waals surface area contributed by atoms with Gasteiger partial charge in [0.2, 0.25) is 10.0 Å². The minimum atomic E-state index is -3.63. The third kappa shape index (κ3) is 3.03. The molecule has 0 saturated heterocycles. The maximum atomic E-state index is 11.3.